The Morgan fingerprint density at radius 2 is 2.24 bits per heavy atom. The van der Waals surface area contributed by atoms with E-state index in [-0.39, 0.29) is 10.6 Å². The fraction of sp³-hybridized carbons (Fsp3) is 0.333. The third-order valence-corrected chi connectivity index (χ3v) is 5.66. The summed E-state index contributed by atoms with van der Waals surface area (Å²) < 4.78 is 25.1. The zero-order valence-corrected chi connectivity index (χ0v) is 12.8. The van der Waals surface area contributed by atoms with E-state index < -0.39 is 34.5 Å². The van der Waals surface area contributed by atoms with Gasteiger partial charge in [0.25, 0.3) is 10.0 Å². The van der Waals surface area contributed by atoms with Crippen LogP contribution in [0.5, 0.6) is 0 Å². The second kappa shape index (κ2) is 7.21. The van der Waals surface area contributed by atoms with Gasteiger partial charge in [0, 0.05) is 13.5 Å². The van der Waals surface area contributed by atoms with Crippen LogP contribution in [0.25, 0.3) is 0 Å². The van der Waals surface area contributed by atoms with Crippen LogP contribution in [0.4, 0.5) is 0 Å². The molecule has 1 unspecified atom stereocenters. The van der Waals surface area contributed by atoms with Crippen LogP contribution in [-0.4, -0.2) is 49.3 Å². The lowest BCUT2D eigenvalue weighted by Gasteiger charge is -2.17. The van der Waals surface area contributed by atoms with Crippen molar-refractivity contribution >= 4 is 33.2 Å². The van der Waals surface area contributed by atoms with E-state index in [1.54, 1.807) is 11.4 Å². The molecule has 1 aromatic heterocycles. The number of likely N-dealkylation sites (N-methyl/N-ethyl adjacent to an activating group) is 1. The predicted molar refractivity (Wildman–Crippen MR) is 77.2 cm³/mol. The Balaban J connectivity index is 2.71. The van der Waals surface area contributed by atoms with Gasteiger partial charge >= 0.3 is 5.97 Å². The molecule has 1 rings (SSSR count). The van der Waals surface area contributed by atoms with Crippen LogP contribution in [0.1, 0.15) is 6.42 Å². The number of sulfonamides is 1. The third kappa shape index (κ3) is 4.56. The summed E-state index contributed by atoms with van der Waals surface area (Å²) in [4.78, 5) is 22.6. The highest BCUT2D eigenvalue weighted by Gasteiger charge is 2.26. The van der Waals surface area contributed by atoms with E-state index in [0.717, 1.165) is 15.6 Å². The van der Waals surface area contributed by atoms with E-state index in [1.807, 2.05) is 0 Å². The molecule has 0 spiro atoms. The zero-order chi connectivity index (χ0) is 16.0. The van der Waals surface area contributed by atoms with Crippen molar-refractivity contribution in [2.45, 2.75) is 16.7 Å². The molecule has 1 aromatic rings. The third-order valence-electron chi connectivity index (χ3n) is 2.48. The van der Waals surface area contributed by atoms with Crippen LogP contribution in [-0.2, 0) is 19.6 Å². The molecule has 2 N–H and O–H groups in total. The molecular weight excluding hydrogens is 316 g/mol. The van der Waals surface area contributed by atoms with Crippen molar-refractivity contribution in [3.8, 4) is 12.3 Å². The molecule has 0 saturated heterocycles. The molecule has 0 fully saturated rings. The van der Waals surface area contributed by atoms with Crippen LogP contribution >= 0.6 is 11.3 Å². The number of carbonyl (C=O) groups excluding carboxylic acids is 1. The molecule has 1 atom stereocenters. The number of thiophene rings is 1. The van der Waals surface area contributed by atoms with E-state index in [0.29, 0.717) is 0 Å². The minimum absolute atomic E-state index is 0.108. The first-order chi connectivity index (χ1) is 9.78. The lowest BCUT2D eigenvalue weighted by molar-refractivity contribution is -0.141. The number of aliphatic carboxylic acids is 1. The Morgan fingerprint density at radius 3 is 2.71 bits per heavy atom. The maximum Gasteiger partial charge on any atom is 0.327 e. The molecule has 7 nitrogen and oxygen atoms in total. The predicted octanol–water partition coefficient (Wildman–Crippen LogP) is -0.0387. The average molecular weight is 330 g/mol. The van der Waals surface area contributed by atoms with Crippen LogP contribution in [0, 0.1) is 12.3 Å². The summed E-state index contributed by atoms with van der Waals surface area (Å²) in [5.74, 6) is 0.126. The second-order valence-electron chi connectivity index (χ2n) is 4.06. The summed E-state index contributed by atoms with van der Waals surface area (Å²) in [5.41, 5.74) is 0. The van der Waals surface area contributed by atoms with Crippen molar-refractivity contribution in [2.75, 3.05) is 13.6 Å². The van der Waals surface area contributed by atoms with Crippen molar-refractivity contribution in [1.29, 1.82) is 0 Å². The summed E-state index contributed by atoms with van der Waals surface area (Å²) in [5, 5.41) is 12.6. The summed E-state index contributed by atoms with van der Waals surface area (Å²) >= 11 is 1.03. The lowest BCUT2D eigenvalue weighted by Crippen LogP contribution is -2.45. The molecule has 0 aliphatic heterocycles. The van der Waals surface area contributed by atoms with E-state index >= 15 is 0 Å². The quantitative estimate of drug-likeness (QED) is 0.683. The average Bonchev–Trinajstić information content (AvgIpc) is 2.92. The van der Waals surface area contributed by atoms with E-state index in [9.17, 15) is 18.0 Å². The van der Waals surface area contributed by atoms with Crippen molar-refractivity contribution in [3.63, 3.8) is 0 Å². The van der Waals surface area contributed by atoms with Gasteiger partial charge in [0.05, 0.1) is 6.54 Å². The van der Waals surface area contributed by atoms with Crippen LogP contribution in [0.3, 0.4) is 0 Å². The zero-order valence-electron chi connectivity index (χ0n) is 11.1. The number of nitrogens with zero attached hydrogens (tertiary/aromatic N) is 1. The number of terminal acetylenes is 1. The number of carboxylic acid groups (broad SMARTS) is 1. The Kier molecular flexibility index (Phi) is 5.90. The first-order valence-electron chi connectivity index (χ1n) is 5.74. The summed E-state index contributed by atoms with van der Waals surface area (Å²) in [7, 11) is -2.51. The topological polar surface area (TPSA) is 104 Å². The fourth-order valence-electron chi connectivity index (χ4n) is 1.41. The highest BCUT2D eigenvalue weighted by atomic mass is 32.2. The highest BCUT2D eigenvalue weighted by molar-refractivity contribution is 7.91. The summed E-state index contributed by atoms with van der Waals surface area (Å²) in [6.07, 6.45) is 4.83. The number of nitrogens with one attached hydrogen (secondary N) is 1. The minimum Gasteiger partial charge on any atom is -0.480 e. The summed E-state index contributed by atoms with van der Waals surface area (Å²) in [6.45, 7) is -0.491. The van der Waals surface area contributed by atoms with Gasteiger partial charge < -0.3 is 10.4 Å². The number of carboxylic acids is 1. The van der Waals surface area contributed by atoms with Crippen LogP contribution in [0.2, 0.25) is 0 Å². The Bertz CT molecular complexity index is 646. The molecule has 0 aromatic carbocycles. The largest absolute Gasteiger partial charge is 0.480 e. The molecule has 0 aliphatic carbocycles. The standard InChI is InChI=1S/C12H14N2O5S2/c1-3-5-9(12(16)17)13-10(15)8-14(2)21(18,19)11-6-4-7-20-11/h1,4,6-7,9H,5,8H2,2H3,(H,13,15)(H,16,17). The molecule has 0 saturated carbocycles. The molecular formula is C12H14N2O5S2. The number of hydrogen-bond donors (Lipinski definition) is 2. The fourth-order valence-corrected chi connectivity index (χ4v) is 3.74. The first-order valence-corrected chi connectivity index (χ1v) is 8.06. The van der Waals surface area contributed by atoms with Crippen LogP contribution < -0.4 is 5.32 Å². The van der Waals surface area contributed by atoms with Gasteiger partial charge in [0.15, 0.2) is 0 Å². The maximum atomic E-state index is 12.1. The molecule has 1 heterocycles. The molecule has 0 bridgehead atoms. The van der Waals surface area contributed by atoms with Gasteiger partial charge in [0.2, 0.25) is 5.91 Å². The number of amides is 1. The molecule has 114 valence electrons. The normalized spacial score (nSPS) is 12.6. The van der Waals surface area contributed by atoms with Gasteiger partial charge in [-0.25, -0.2) is 13.2 Å². The smallest absolute Gasteiger partial charge is 0.327 e. The van der Waals surface area contributed by atoms with Crippen LogP contribution in [0.15, 0.2) is 21.7 Å². The molecule has 1 amide bonds. The minimum atomic E-state index is -3.76. The van der Waals surface area contributed by atoms with Crippen molar-refractivity contribution in [2.24, 2.45) is 0 Å². The number of carbonyl (C=O) groups is 2. The molecule has 0 radical (unpaired) electrons. The molecule has 0 aliphatic rings. The number of rotatable bonds is 7. The molecule has 9 heteroatoms. The Hall–Kier alpha value is -1.89. The first kappa shape index (κ1) is 17.2. The van der Waals surface area contributed by atoms with Crippen molar-refractivity contribution in [1.82, 2.24) is 9.62 Å². The van der Waals surface area contributed by atoms with Gasteiger partial charge in [-0.15, -0.1) is 23.7 Å². The van der Waals surface area contributed by atoms with Crippen molar-refractivity contribution in [3.05, 3.63) is 17.5 Å². The maximum absolute atomic E-state index is 12.1. The van der Waals surface area contributed by atoms with Gasteiger partial charge in [-0.1, -0.05) is 6.07 Å². The van der Waals surface area contributed by atoms with Gasteiger partial charge in [-0.3, -0.25) is 4.79 Å². The highest BCUT2D eigenvalue weighted by Crippen LogP contribution is 2.19. The lowest BCUT2D eigenvalue weighted by atomic mass is 10.2. The van der Waals surface area contributed by atoms with Gasteiger partial charge in [-0.05, 0) is 11.4 Å². The van der Waals surface area contributed by atoms with E-state index in [4.69, 9.17) is 11.5 Å². The van der Waals surface area contributed by atoms with E-state index in [1.165, 1.54) is 13.1 Å². The Labute approximate surface area is 126 Å². The second-order valence-corrected chi connectivity index (χ2v) is 7.28. The summed E-state index contributed by atoms with van der Waals surface area (Å²) in [6, 6.07) is 1.77. The Morgan fingerprint density at radius 1 is 1.57 bits per heavy atom. The monoisotopic (exact) mass is 330 g/mol. The van der Waals surface area contributed by atoms with Crippen molar-refractivity contribution < 1.29 is 23.1 Å². The van der Waals surface area contributed by atoms with Gasteiger partial charge in [0.1, 0.15) is 10.3 Å². The van der Waals surface area contributed by atoms with Gasteiger partial charge in [-0.2, -0.15) is 4.31 Å². The van der Waals surface area contributed by atoms with E-state index in [2.05, 4.69) is 11.2 Å². The number of hydrogen-bond acceptors (Lipinski definition) is 5. The SMILES string of the molecule is C#CCC(NC(=O)CN(C)S(=O)(=O)c1cccs1)C(=O)O. The molecule has 21 heavy (non-hydrogen) atoms.